The van der Waals surface area contributed by atoms with Crippen molar-refractivity contribution < 1.29 is 4.79 Å². The summed E-state index contributed by atoms with van der Waals surface area (Å²) in [5.74, 6) is 0.195. The molecule has 5 heteroatoms. The molecule has 0 unspecified atom stereocenters. The third-order valence-corrected chi connectivity index (χ3v) is 7.06. The quantitative estimate of drug-likeness (QED) is 0.634. The SMILES string of the molecule is Cl.O=C(CN1CCCCC1)NCC1(Cc2ccccc2)CCN(Cc2ccccc2)CC1. The van der Waals surface area contributed by atoms with Crippen molar-refractivity contribution in [1.82, 2.24) is 15.1 Å². The highest BCUT2D eigenvalue weighted by Gasteiger charge is 2.35. The number of amides is 1. The molecule has 0 saturated carbocycles. The number of carbonyl (C=O) groups is 1. The molecule has 174 valence electrons. The maximum atomic E-state index is 12.7. The van der Waals surface area contributed by atoms with Gasteiger partial charge in [0.25, 0.3) is 0 Å². The highest BCUT2D eigenvalue weighted by atomic mass is 35.5. The smallest absolute Gasteiger partial charge is 0.234 e. The van der Waals surface area contributed by atoms with Crippen LogP contribution in [0.5, 0.6) is 0 Å². The van der Waals surface area contributed by atoms with E-state index < -0.39 is 0 Å². The van der Waals surface area contributed by atoms with Crippen molar-refractivity contribution in [2.45, 2.75) is 45.1 Å². The predicted octanol–water partition coefficient (Wildman–Crippen LogP) is 4.54. The summed E-state index contributed by atoms with van der Waals surface area (Å²) in [5, 5.41) is 3.33. The molecule has 0 atom stereocenters. The van der Waals surface area contributed by atoms with Gasteiger partial charge in [0, 0.05) is 13.1 Å². The molecule has 2 heterocycles. The first-order chi connectivity index (χ1) is 15.2. The minimum atomic E-state index is 0. The van der Waals surface area contributed by atoms with Gasteiger partial charge in [0.1, 0.15) is 0 Å². The van der Waals surface area contributed by atoms with Gasteiger partial charge in [-0.25, -0.2) is 0 Å². The van der Waals surface area contributed by atoms with Gasteiger partial charge in [-0.15, -0.1) is 12.4 Å². The second-order valence-electron chi connectivity index (χ2n) is 9.54. The van der Waals surface area contributed by atoms with E-state index in [0.29, 0.717) is 6.54 Å². The van der Waals surface area contributed by atoms with Gasteiger partial charge >= 0.3 is 0 Å². The molecule has 1 N–H and O–H groups in total. The number of likely N-dealkylation sites (tertiary alicyclic amines) is 2. The van der Waals surface area contributed by atoms with Crippen molar-refractivity contribution in [3.8, 4) is 0 Å². The lowest BCUT2D eigenvalue weighted by Crippen LogP contribution is -2.49. The molecular weight excluding hydrogens is 418 g/mol. The molecule has 2 aliphatic heterocycles. The average Bonchev–Trinajstić information content (AvgIpc) is 2.81. The van der Waals surface area contributed by atoms with E-state index in [1.807, 2.05) is 0 Å². The molecule has 2 aromatic rings. The Bertz CT molecular complexity index is 800. The van der Waals surface area contributed by atoms with E-state index in [1.165, 1.54) is 30.4 Å². The normalized spacial score (nSPS) is 19.1. The first-order valence-corrected chi connectivity index (χ1v) is 12.0. The van der Waals surface area contributed by atoms with Gasteiger partial charge in [0.15, 0.2) is 0 Å². The van der Waals surface area contributed by atoms with E-state index in [9.17, 15) is 4.79 Å². The highest BCUT2D eigenvalue weighted by molar-refractivity contribution is 5.85. The number of hydrogen-bond acceptors (Lipinski definition) is 3. The molecule has 1 amide bonds. The van der Waals surface area contributed by atoms with Crippen molar-refractivity contribution in [1.29, 1.82) is 0 Å². The zero-order valence-electron chi connectivity index (χ0n) is 19.2. The monoisotopic (exact) mass is 455 g/mol. The Morgan fingerprint density at radius 1 is 0.781 bits per heavy atom. The molecule has 4 rings (SSSR count). The summed E-state index contributed by atoms with van der Waals surface area (Å²) in [7, 11) is 0. The van der Waals surface area contributed by atoms with Crippen molar-refractivity contribution in [3.05, 3.63) is 71.8 Å². The largest absolute Gasteiger partial charge is 0.354 e. The van der Waals surface area contributed by atoms with Crippen molar-refractivity contribution in [2.75, 3.05) is 39.3 Å². The first-order valence-electron chi connectivity index (χ1n) is 12.0. The number of halogens is 1. The van der Waals surface area contributed by atoms with Gasteiger partial charge in [0.05, 0.1) is 6.54 Å². The molecule has 4 nitrogen and oxygen atoms in total. The van der Waals surface area contributed by atoms with Crippen LogP contribution >= 0.6 is 12.4 Å². The molecule has 32 heavy (non-hydrogen) atoms. The number of hydrogen-bond donors (Lipinski definition) is 1. The average molecular weight is 456 g/mol. The number of nitrogens with zero attached hydrogens (tertiary/aromatic N) is 2. The summed E-state index contributed by atoms with van der Waals surface area (Å²) in [5.41, 5.74) is 2.91. The fraction of sp³-hybridized carbons (Fsp3) is 0.519. The number of nitrogens with one attached hydrogen (secondary N) is 1. The van der Waals surface area contributed by atoms with E-state index in [1.54, 1.807) is 0 Å². The van der Waals surface area contributed by atoms with Crippen LogP contribution in [0.25, 0.3) is 0 Å². The molecule has 2 aromatic carbocycles. The van der Waals surface area contributed by atoms with Crippen LogP contribution in [0.2, 0.25) is 0 Å². The highest BCUT2D eigenvalue weighted by Crippen LogP contribution is 2.35. The molecule has 2 aliphatic rings. The maximum Gasteiger partial charge on any atom is 0.234 e. The van der Waals surface area contributed by atoms with E-state index in [2.05, 4.69) is 75.8 Å². The van der Waals surface area contributed by atoms with Crippen molar-refractivity contribution in [3.63, 3.8) is 0 Å². The number of benzene rings is 2. The lowest BCUT2D eigenvalue weighted by Gasteiger charge is -2.42. The Hall–Kier alpha value is -1.88. The number of carbonyl (C=O) groups excluding carboxylic acids is 1. The van der Waals surface area contributed by atoms with E-state index in [4.69, 9.17) is 0 Å². The van der Waals surface area contributed by atoms with Crippen molar-refractivity contribution in [2.24, 2.45) is 5.41 Å². The minimum absolute atomic E-state index is 0. The summed E-state index contributed by atoms with van der Waals surface area (Å²) in [4.78, 5) is 17.6. The Morgan fingerprint density at radius 3 is 2.00 bits per heavy atom. The molecule has 0 spiro atoms. The van der Waals surface area contributed by atoms with Crippen LogP contribution in [-0.2, 0) is 17.8 Å². The summed E-state index contributed by atoms with van der Waals surface area (Å²) >= 11 is 0. The molecule has 0 aliphatic carbocycles. The third kappa shape index (κ3) is 7.33. The predicted molar refractivity (Wildman–Crippen MR) is 134 cm³/mol. The summed E-state index contributed by atoms with van der Waals surface area (Å²) in [6, 6.07) is 21.6. The molecule has 2 fully saturated rings. The zero-order chi connectivity index (χ0) is 21.4. The topological polar surface area (TPSA) is 35.6 Å². The second-order valence-corrected chi connectivity index (χ2v) is 9.54. The zero-order valence-corrected chi connectivity index (χ0v) is 20.0. The summed E-state index contributed by atoms with van der Waals surface area (Å²) in [6.07, 6.45) is 7.04. The summed E-state index contributed by atoms with van der Waals surface area (Å²) < 4.78 is 0. The molecule has 0 radical (unpaired) electrons. The molecule has 0 aromatic heterocycles. The molecular formula is C27H38ClN3O. The summed E-state index contributed by atoms with van der Waals surface area (Å²) in [6.45, 7) is 6.67. The van der Waals surface area contributed by atoms with Gasteiger partial charge in [-0.2, -0.15) is 0 Å². The molecule has 0 bridgehead atoms. The fourth-order valence-electron chi connectivity index (χ4n) is 5.13. The van der Waals surface area contributed by atoms with Crippen LogP contribution in [0, 0.1) is 5.41 Å². The van der Waals surface area contributed by atoms with Crippen LogP contribution in [0.15, 0.2) is 60.7 Å². The van der Waals surface area contributed by atoms with Crippen LogP contribution in [-0.4, -0.2) is 55.0 Å². The lowest BCUT2D eigenvalue weighted by atomic mass is 9.73. The van der Waals surface area contributed by atoms with Crippen LogP contribution in [0.3, 0.4) is 0 Å². The Balaban J connectivity index is 0.00000289. The standard InChI is InChI=1S/C27H37N3O.ClH/c31-26(22-29-16-8-3-9-17-29)28-23-27(20-24-10-4-1-5-11-24)14-18-30(19-15-27)21-25-12-6-2-7-13-25;/h1-2,4-7,10-13H,3,8-9,14-23H2,(H,28,31);1H. The van der Waals surface area contributed by atoms with Crippen LogP contribution in [0.4, 0.5) is 0 Å². The Labute approximate surface area is 199 Å². The van der Waals surface area contributed by atoms with E-state index in [-0.39, 0.29) is 23.7 Å². The Morgan fingerprint density at radius 2 is 1.38 bits per heavy atom. The minimum Gasteiger partial charge on any atom is -0.354 e. The van der Waals surface area contributed by atoms with E-state index in [0.717, 1.165) is 58.5 Å². The van der Waals surface area contributed by atoms with Gasteiger partial charge in [-0.1, -0.05) is 67.1 Å². The van der Waals surface area contributed by atoms with E-state index >= 15 is 0 Å². The van der Waals surface area contributed by atoms with Gasteiger partial charge in [0.2, 0.25) is 5.91 Å². The number of piperidine rings is 2. The van der Waals surface area contributed by atoms with Crippen molar-refractivity contribution >= 4 is 18.3 Å². The first kappa shape index (κ1) is 24.8. The van der Waals surface area contributed by atoms with Crippen LogP contribution < -0.4 is 5.32 Å². The van der Waals surface area contributed by atoms with Gasteiger partial charge in [-0.3, -0.25) is 14.6 Å². The number of rotatable bonds is 8. The molecule has 2 saturated heterocycles. The van der Waals surface area contributed by atoms with Gasteiger partial charge < -0.3 is 5.32 Å². The lowest BCUT2D eigenvalue weighted by molar-refractivity contribution is -0.123. The third-order valence-electron chi connectivity index (χ3n) is 7.06. The second kappa shape index (κ2) is 12.4. The fourth-order valence-corrected chi connectivity index (χ4v) is 5.13. The van der Waals surface area contributed by atoms with Crippen LogP contribution in [0.1, 0.15) is 43.2 Å². The maximum absolute atomic E-state index is 12.7. The van der Waals surface area contributed by atoms with Gasteiger partial charge in [-0.05, 0) is 74.8 Å². The Kier molecular flexibility index (Phi) is 9.58.